The minimum absolute atomic E-state index is 0.195. The minimum atomic E-state index is -0.381. The van der Waals surface area contributed by atoms with Crippen LogP contribution in [0.15, 0.2) is 36.5 Å². The number of hydrogen-bond donors (Lipinski definition) is 1. The highest BCUT2D eigenvalue weighted by atomic mass is 16.2. The molecule has 1 aliphatic heterocycles. The minimum Gasteiger partial charge on any atom is -0.309 e. The van der Waals surface area contributed by atoms with Crippen LogP contribution in [0.2, 0.25) is 0 Å². The third kappa shape index (κ3) is 3.95. The van der Waals surface area contributed by atoms with E-state index in [0.29, 0.717) is 12.4 Å². The number of hydrogen-bond acceptors (Lipinski definition) is 4. The van der Waals surface area contributed by atoms with Crippen molar-refractivity contribution in [2.24, 2.45) is 11.8 Å². The molecule has 2 aromatic rings. The molecule has 152 valence electrons. The molecule has 3 amide bonds. The standard InChI is InChI=1S/C22H26N4O3/c1-2-15-7-9-16(10-8-15)13-26-19(11-12-23-26)24-20(27)14-25-21(28)17-5-3-4-6-18(17)22(25)29/h7-12,17-18H,2-6,13-14H2,1H3,(H,24,27)/t17-,18-/m0/s1. The summed E-state index contributed by atoms with van der Waals surface area (Å²) < 4.78 is 1.70. The molecule has 2 fully saturated rings. The van der Waals surface area contributed by atoms with Crippen LogP contribution in [-0.2, 0) is 27.3 Å². The number of carbonyl (C=O) groups excluding carboxylic acids is 3. The molecular formula is C22H26N4O3. The Morgan fingerprint density at radius 1 is 1.03 bits per heavy atom. The summed E-state index contributed by atoms with van der Waals surface area (Å²) in [5.41, 5.74) is 2.35. The van der Waals surface area contributed by atoms with Gasteiger partial charge >= 0.3 is 0 Å². The molecule has 2 atom stereocenters. The van der Waals surface area contributed by atoms with Gasteiger partial charge in [-0.1, -0.05) is 44.0 Å². The van der Waals surface area contributed by atoms with Crippen molar-refractivity contribution in [3.05, 3.63) is 47.7 Å². The third-order valence-electron chi connectivity index (χ3n) is 5.98. The van der Waals surface area contributed by atoms with Gasteiger partial charge in [0.25, 0.3) is 0 Å². The molecule has 1 saturated carbocycles. The number of likely N-dealkylation sites (tertiary alicyclic amines) is 1. The maximum Gasteiger partial charge on any atom is 0.245 e. The van der Waals surface area contributed by atoms with E-state index in [1.807, 2.05) is 0 Å². The molecule has 0 unspecified atom stereocenters. The first-order valence-corrected chi connectivity index (χ1v) is 10.3. The van der Waals surface area contributed by atoms with Gasteiger partial charge in [-0.05, 0) is 30.4 Å². The number of benzene rings is 1. The van der Waals surface area contributed by atoms with E-state index < -0.39 is 0 Å². The molecule has 0 spiro atoms. The van der Waals surface area contributed by atoms with E-state index >= 15 is 0 Å². The van der Waals surface area contributed by atoms with Crippen molar-refractivity contribution in [1.82, 2.24) is 14.7 Å². The van der Waals surface area contributed by atoms with E-state index in [2.05, 4.69) is 41.6 Å². The number of anilines is 1. The van der Waals surface area contributed by atoms with Gasteiger partial charge in [-0.2, -0.15) is 5.10 Å². The molecule has 1 N–H and O–H groups in total. The summed E-state index contributed by atoms with van der Waals surface area (Å²) >= 11 is 0. The van der Waals surface area contributed by atoms with E-state index in [-0.39, 0.29) is 36.1 Å². The van der Waals surface area contributed by atoms with Gasteiger partial charge in [-0.15, -0.1) is 0 Å². The van der Waals surface area contributed by atoms with Crippen molar-refractivity contribution in [2.45, 2.75) is 45.6 Å². The van der Waals surface area contributed by atoms with Crippen LogP contribution in [0.1, 0.15) is 43.7 Å². The van der Waals surface area contributed by atoms with Crippen molar-refractivity contribution in [1.29, 1.82) is 0 Å². The number of imide groups is 1. The second-order valence-corrected chi connectivity index (χ2v) is 7.85. The summed E-state index contributed by atoms with van der Waals surface area (Å²) in [7, 11) is 0. The second kappa shape index (κ2) is 8.19. The highest BCUT2D eigenvalue weighted by Gasteiger charge is 2.48. The SMILES string of the molecule is CCc1ccc(Cn2nccc2NC(=O)CN2C(=O)[C@H]3CCCC[C@@H]3C2=O)cc1. The van der Waals surface area contributed by atoms with E-state index in [4.69, 9.17) is 0 Å². The Bertz CT molecular complexity index is 894. The summed E-state index contributed by atoms with van der Waals surface area (Å²) in [6.45, 7) is 2.40. The van der Waals surface area contributed by atoms with Crippen molar-refractivity contribution in [2.75, 3.05) is 11.9 Å². The van der Waals surface area contributed by atoms with Crippen LogP contribution in [0, 0.1) is 11.8 Å². The lowest BCUT2D eigenvalue weighted by Gasteiger charge is -2.19. The molecule has 7 nitrogen and oxygen atoms in total. The van der Waals surface area contributed by atoms with Crippen molar-refractivity contribution < 1.29 is 14.4 Å². The summed E-state index contributed by atoms with van der Waals surface area (Å²) in [5, 5.41) is 7.08. The van der Waals surface area contributed by atoms with E-state index in [1.165, 1.54) is 5.56 Å². The fraction of sp³-hybridized carbons (Fsp3) is 0.455. The number of aryl methyl sites for hydroxylation is 1. The van der Waals surface area contributed by atoms with Crippen LogP contribution in [-0.4, -0.2) is 38.9 Å². The summed E-state index contributed by atoms with van der Waals surface area (Å²) in [5.74, 6) is -0.695. The molecule has 1 saturated heterocycles. The van der Waals surface area contributed by atoms with Crippen molar-refractivity contribution >= 4 is 23.5 Å². The van der Waals surface area contributed by atoms with Gasteiger partial charge in [0.1, 0.15) is 12.4 Å². The fourth-order valence-electron chi connectivity index (χ4n) is 4.33. The maximum absolute atomic E-state index is 12.6. The number of carbonyl (C=O) groups is 3. The summed E-state index contributed by atoms with van der Waals surface area (Å²) in [4.78, 5) is 38.8. The Hall–Kier alpha value is -2.96. The molecule has 0 bridgehead atoms. The van der Waals surface area contributed by atoms with Crippen LogP contribution in [0.4, 0.5) is 5.82 Å². The molecule has 0 radical (unpaired) electrons. The molecule has 1 aliphatic carbocycles. The molecule has 29 heavy (non-hydrogen) atoms. The lowest BCUT2D eigenvalue weighted by molar-refractivity contribution is -0.142. The molecule has 2 aliphatic rings. The lowest BCUT2D eigenvalue weighted by Crippen LogP contribution is -2.38. The van der Waals surface area contributed by atoms with Gasteiger partial charge in [0.05, 0.1) is 24.6 Å². The first-order chi connectivity index (χ1) is 14.1. The number of fused-ring (bicyclic) bond motifs is 1. The number of nitrogens with one attached hydrogen (secondary N) is 1. The average molecular weight is 394 g/mol. The summed E-state index contributed by atoms with van der Waals surface area (Å²) in [6.07, 6.45) is 6.04. The molecule has 1 aromatic carbocycles. The van der Waals surface area contributed by atoms with Crippen LogP contribution in [0.25, 0.3) is 0 Å². The monoisotopic (exact) mass is 394 g/mol. The van der Waals surface area contributed by atoms with Crippen LogP contribution < -0.4 is 5.32 Å². The smallest absolute Gasteiger partial charge is 0.245 e. The third-order valence-corrected chi connectivity index (χ3v) is 5.98. The van der Waals surface area contributed by atoms with E-state index in [9.17, 15) is 14.4 Å². The Labute approximate surface area is 170 Å². The van der Waals surface area contributed by atoms with Crippen molar-refractivity contribution in [3.8, 4) is 0 Å². The van der Waals surface area contributed by atoms with Gasteiger partial charge in [0.2, 0.25) is 17.7 Å². The van der Waals surface area contributed by atoms with Gasteiger partial charge < -0.3 is 5.32 Å². The summed E-state index contributed by atoms with van der Waals surface area (Å²) in [6, 6.07) is 9.98. The lowest BCUT2D eigenvalue weighted by atomic mass is 9.81. The van der Waals surface area contributed by atoms with E-state index in [0.717, 1.165) is 42.6 Å². The largest absolute Gasteiger partial charge is 0.309 e. The number of amides is 3. The van der Waals surface area contributed by atoms with Crippen LogP contribution >= 0.6 is 0 Å². The molecule has 1 aromatic heterocycles. The Morgan fingerprint density at radius 3 is 2.28 bits per heavy atom. The molecule has 2 heterocycles. The normalized spacial score (nSPS) is 21.3. The molecular weight excluding hydrogens is 368 g/mol. The number of aromatic nitrogens is 2. The first-order valence-electron chi connectivity index (χ1n) is 10.3. The van der Waals surface area contributed by atoms with Crippen LogP contribution in [0.3, 0.4) is 0 Å². The quantitative estimate of drug-likeness (QED) is 0.764. The Balaban J connectivity index is 1.40. The highest BCUT2D eigenvalue weighted by molar-refractivity contribution is 6.08. The average Bonchev–Trinajstić information content (AvgIpc) is 3.26. The topological polar surface area (TPSA) is 84.3 Å². The predicted molar refractivity (Wildman–Crippen MR) is 108 cm³/mol. The first kappa shape index (κ1) is 19.4. The number of rotatable bonds is 6. The molecule has 4 rings (SSSR count). The predicted octanol–water partition coefficient (Wildman–Crippen LogP) is 2.61. The molecule has 7 heteroatoms. The Morgan fingerprint density at radius 2 is 1.66 bits per heavy atom. The van der Waals surface area contributed by atoms with Gasteiger partial charge in [-0.25, -0.2) is 4.68 Å². The van der Waals surface area contributed by atoms with Gasteiger partial charge in [-0.3, -0.25) is 19.3 Å². The van der Waals surface area contributed by atoms with Gasteiger partial charge in [0.15, 0.2) is 0 Å². The van der Waals surface area contributed by atoms with Crippen molar-refractivity contribution in [3.63, 3.8) is 0 Å². The van der Waals surface area contributed by atoms with Gasteiger partial charge in [0, 0.05) is 6.07 Å². The maximum atomic E-state index is 12.6. The zero-order valence-electron chi connectivity index (χ0n) is 16.6. The zero-order valence-corrected chi connectivity index (χ0v) is 16.6. The Kier molecular flexibility index (Phi) is 5.47. The number of nitrogens with zero attached hydrogens (tertiary/aromatic N) is 3. The van der Waals surface area contributed by atoms with Crippen LogP contribution in [0.5, 0.6) is 0 Å². The fourth-order valence-corrected chi connectivity index (χ4v) is 4.33. The second-order valence-electron chi connectivity index (χ2n) is 7.85. The zero-order chi connectivity index (χ0) is 20.4. The van der Waals surface area contributed by atoms with E-state index in [1.54, 1.807) is 16.9 Å². The highest BCUT2D eigenvalue weighted by Crippen LogP contribution is 2.37.